The minimum Gasteiger partial charge on any atom is -0.342 e. The largest absolute Gasteiger partial charge is 0.342 e. The van der Waals surface area contributed by atoms with Crippen LogP contribution >= 0.6 is 11.3 Å². The maximum absolute atomic E-state index is 13.4. The molecule has 0 spiro atoms. The Hall–Kier alpha value is -2.71. The predicted octanol–water partition coefficient (Wildman–Crippen LogP) is 2.47. The second-order valence-electron chi connectivity index (χ2n) is 7.88. The Morgan fingerprint density at radius 2 is 1.67 bits per heavy atom. The van der Waals surface area contributed by atoms with E-state index in [4.69, 9.17) is 0 Å². The summed E-state index contributed by atoms with van der Waals surface area (Å²) in [6.45, 7) is 4.97. The average Bonchev–Trinajstić information content (AvgIpc) is 3.54. The van der Waals surface area contributed by atoms with E-state index in [0.29, 0.717) is 19.6 Å². The van der Waals surface area contributed by atoms with Gasteiger partial charge in [0.2, 0.25) is 5.91 Å². The number of piperazine rings is 1. The van der Waals surface area contributed by atoms with Gasteiger partial charge in [0.25, 0.3) is 5.91 Å². The number of carbonyl (C=O) groups excluding carboxylic acids is 2. The summed E-state index contributed by atoms with van der Waals surface area (Å²) in [7, 11) is 0. The molecular formula is C22H25N5O2S. The summed E-state index contributed by atoms with van der Waals surface area (Å²) in [6, 6.07) is 7.86. The van der Waals surface area contributed by atoms with Crippen LogP contribution in [0.2, 0.25) is 0 Å². The van der Waals surface area contributed by atoms with E-state index in [2.05, 4.69) is 9.88 Å². The lowest BCUT2D eigenvalue weighted by Gasteiger charge is -2.35. The summed E-state index contributed by atoms with van der Waals surface area (Å²) in [6.07, 6.45) is 7.92. The van der Waals surface area contributed by atoms with Crippen LogP contribution in [0.1, 0.15) is 22.5 Å². The summed E-state index contributed by atoms with van der Waals surface area (Å²) >= 11 is 1.45. The number of amides is 2. The number of hydrogen-bond donors (Lipinski definition) is 0. The second-order valence-corrected chi connectivity index (χ2v) is 8.88. The lowest BCUT2D eigenvalue weighted by molar-refractivity contribution is -0.131. The highest BCUT2D eigenvalue weighted by molar-refractivity contribution is 7.21. The highest BCUT2D eigenvalue weighted by atomic mass is 32.1. The summed E-state index contributed by atoms with van der Waals surface area (Å²) < 4.78 is 2.00. The molecule has 0 bridgehead atoms. The molecule has 2 saturated heterocycles. The first-order chi connectivity index (χ1) is 14.7. The molecule has 7 nitrogen and oxygen atoms in total. The molecule has 156 valence electrons. The highest BCUT2D eigenvalue weighted by Crippen LogP contribution is 2.34. The molecule has 0 aliphatic carbocycles. The van der Waals surface area contributed by atoms with Gasteiger partial charge in [-0.3, -0.25) is 14.5 Å². The Morgan fingerprint density at radius 3 is 2.40 bits per heavy atom. The summed E-state index contributed by atoms with van der Waals surface area (Å²) in [5.41, 5.74) is 0.907. The van der Waals surface area contributed by atoms with Gasteiger partial charge in [-0.2, -0.15) is 0 Å². The molecule has 30 heavy (non-hydrogen) atoms. The first kappa shape index (κ1) is 19.3. The van der Waals surface area contributed by atoms with Crippen molar-refractivity contribution in [1.29, 1.82) is 0 Å². The zero-order chi connectivity index (χ0) is 20.5. The molecule has 0 radical (unpaired) electrons. The molecule has 0 aromatic carbocycles. The Morgan fingerprint density at radius 1 is 0.933 bits per heavy atom. The number of aromatic nitrogens is 2. The molecule has 0 unspecified atom stereocenters. The van der Waals surface area contributed by atoms with E-state index in [1.165, 1.54) is 11.3 Å². The molecule has 0 atom stereocenters. The van der Waals surface area contributed by atoms with Gasteiger partial charge in [0.05, 0.1) is 12.2 Å². The Kier molecular flexibility index (Phi) is 5.26. The maximum Gasteiger partial charge on any atom is 0.266 e. The third kappa shape index (κ3) is 3.61. The topological polar surface area (TPSA) is 61.7 Å². The van der Waals surface area contributed by atoms with E-state index in [1.54, 1.807) is 6.20 Å². The number of likely N-dealkylation sites (tertiary alicyclic amines) is 1. The summed E-state index contributed by atoms with van der Waals surface area (Å²) in [4.78, 5) is 38.0. The molecule has 3 aromatic heterocycles. The van der Waals surface area contributed by atoms with Gasteiger partial charge in [-0.25, -0.2) is 4.98 Å². The Labute approximate surface area is 179 Å². The van der Waals surface area contributed by atoms with Crippen LogP contribution in [0.5, 0.6) is 0 Å². The van der Waals surface area contributed by atoms with Gasteiger partial charge in [-0.05, 0) is 37.1 Å². The summed E-state index contributed by atoms with van der Waals surface area (Å²) in [5.74, 6) is 0.268. The lowest BCUT2D eigenvalue weighted by Crippen LogP contribution is -2.51. The van der Waals surface area contributed by atoms with Crippen LogP contribution in [-0.2, 0) is 4.79 Å². The minimum absolute atomic E-state index is 0.0484. The number of fused-ring (bicyclic) bond motifs is 1. The fourth-order valence-corrected chi connectivity index (χ4v) is 5.43. The van der Waals surface area contributed by atoms with Crippen molar-refractivity contribution in [3.63, 3.8) is 0 Å². The van der Waals surface area contributed by atoms with Crippen molar-refractivity contribution in [2.75, 3.05) is 45.8 Å². The first-order valence-corrected chi connectivity index (χ1v) is 11.3. The van der Waals surface area contributed by atoms with Gasteiger partial charge in [0.15, 0.2) is 0 Å². The molecule has 5 heterocycles. The zero-order valence-corrected chi connectivity index (χ0v) is 17.7. The Balaban J connectivity index is 1.31. The fourth-order valence-electron chi connectivity index (χ4n) is 4.32. The molecule has 0 N–H and O–H groups in total. The van der Waals surface area contributed by atoms with Crippen molar-refractivity contribution in [3.05, 3.63) is 47.7 Å². The number of pyridine rings is 1. The van der Waals surface area contributed by atoms with Gasteiger partial charge in [-0.15, -0.1) is 11.3 Å². The predicted molar refractivity (Wildman–Crippen MR) is 117 cm³/mol. The average molecular weight is 424 g/mol. The number of hydrogen-bond acceptors (Lipinski definition) is 5. The van der Waals surface area contributed by atoms with Crippen LogP contribution in [0, 0.1) is 0 Å². The van der Waals surface area contributed by atoms with Crippen molar-refractivity contribution in [1.82, 2.24) is 24.3 Å². The first-order valence-electron chi connectivity index (χ1n) is 10.5. The standard InChI is InChI=1S/C22H25N5O2S/c28-18(25-8-1-2-9-25)16-24-12-14-27(15-13-24)22(29)20-19(26-10-3-4-11-26)17-6-5-7-23-21(17)30-20/h3-7,10-11H,1-2,8-9,12-16H2. The van der Waals surface area contributed by atoms with Gasteiger partial charge in [-0.1, -0.05) is 0 Å². The van der Waals surface area contributed by atoms with Crippen molar-refractivity contribution in [2.45, 2.75) is 12.8 Å². The van der Waals surface area contributed by atoms with Crippen LogP contribution in [0.4, 0.5) is 0 Å². The van der Waals surface area contributed by atoms with Gasteiger partial charge < -0.3 is 14.4 Å². The number of thiophene rings is 1. The molecule has 2 aliphatic rings. The second kappa shape index (κ2) is 8.20. The highest BCUT2D eigenvalue weighted by Gasteiger charge is 2.29. The monoisotopic (exact) mass is 423 g/mol. The van der Waals surface area contributed by atoms with Crippen LogP contribution in [0.3, 0.4) is 0 Å². The van der Waals surface area contributed by atoms with Gasteiger partial charge in [0.1, 0.15) is 9.71 Å². The summed E-state index contributed by atoms with van der Waals surface area (Å²) in [5, 5.41) is 0.997. The van der Waals surface area contributed by atoms with Crippen LogP contribution in [0.25, 0.3) is 15.9 Å². The molecular weight excluding hydrogens is 398 g/mol. The van der Waals surface area contributed by atoms with Gasteiger partial charge >= 0.3 is 0 Å². The maximum atomic E-state index is 13.4. The normalized spacial score (nSPS) is 17.7. The van der Waals surface area contributed by atoms with Gasteiger partial charge in [0, 0.05) is 63.2 Å². The smallest absolute Gasteiger partial charge is 0.266 e. The molecule has 3 aromatic rings. The van der Waals surface area contributed by atoms with E-state index < -0.39 is 0 Å². The van der Waals surface area contributed by atoms with Crippen LogP contribution in [0.15, 0.2) is 42.9 Å². The lowest BCUT2D eigenvalue weighted by atomic mass is 10.2. The quantitative estimate of drug-likeness (QED) is 0.647. The van der Waals surface area contributed by atoms with E-state index >= 15 is 0 Å². The Bertz CT molecular complexity index is 1050. The van der Waals surface area contributed by atoms with E-state index in [0.717, 1.165) is 59.8 Å². The van der Waals surface area contributed by atoms with Crippen molar-refractivity contribution in [2.24, 2.45) is 0 Å². The number of carbonyl (C=O) groups is 2. The molecule has 2 aliphatic heterocycles. The SMILES string of the molecule is O=C(CN1CCN(C(=O)c2sc3ncccc3c2-n2cccc2)CC1)N1CCCC1. The molecule has 2 amide bonds. The van der Waals surface area contributed by atoms with Crippen LogP contribution in [-0.4, -0.2) is 81.9 Å². The van der Waals surface area contributed by atoms with Crippen molar-refractivity contribution < 1.29 is 9.59 Å². The number of nitrogens with zero attached hydrogens (tertiary/aromatic N) is 5. The molecule has 2 fully saturated rings. The van der Waals surface area contributed by atoms with Crippen LogP contribution < -0.4 is 0 Å². The van der Waals surface area contributed by atoms with Crippen molar-refractivity contribution in [3.8, 4) is 5.69 Å². The van der Waals surface area contributed by atoms with E-state index in [-0.39, 0.29) is 11.8 Å². The zero-order valence-electron chi connectivity index (χ0n) is 16.9. The number of rotatable bonds is 4. The molecule has 8 heteroatoms. The third-order valence-corrected chi connectivity index (χ3v) is 7.06. The molecule has 0 saturated carbocycles. The van der Waals surface area contributed by atoms with E-state index in [9.17, 15) is 9.59 Å². The fraction of sp³-hybridized carbons (Fsp3) is 0.409. The third-order valence-electron chi connectivity index (χ3n) is 5.97. The minimum atomic E-state index is 0.0484. The van der Waals surface area contributed by atoms with Crippen molar-refractivity contribution >= 4 is 33.4 Å². The van der Waals surface area contributed by atoms with E-state index in [1.807, 2.05) is 51.0 Å². The molecule has 5 rings (SSSR count).